The molecule has 0 atom stereocenters. The largest absolute Gasteiger partial charge is 0.493 e. The summed E-state index contributed by atoms with van der Waals surface area (Å²) in [6.45, 7) is 3.52. The highest BCUT2D eigenvalue weighted by molar-refractivity contribution is 6.04. The number of carbonyl (C=O) groups excluding carboxylic acids is 1. The average molecular weight is 269 g/mol. The highest BCUT2D eigenvalue weighted by atomic mass is 16.5. The van der Waals surface area contributed by atoms with Gasteiger partial charge >= 0.3 is 0 Å². The van der Waals surface area contributed by atoms with Gasteiger partial charge in [0.25, 0.3) is 0 Å². The first-order valence-electron chi connectivity index (χ1n) is 6.29. The van der Waals surface area contributed by atoms with E-state index in [2.05, 4.69) is 0 Å². The molecule has 0 aliphatic heterocycles. The Morgan fingerprint density at radius 2 is 2.20 bits per heavy atom. The quantitative estimate of drug-likeness (QED) is 0.628. The minimum atomic E-state index is -0.222. The van der Waals surface area contributed by atoms with Crippen LogP contribution in [0.3, 0.4) is 0 Å². The lowest BCUT2D eigenvalue weighted by atomic mass is 10.0. The van der Waals surface area contributed by atoms with Crippen molar-refractivity contribution in [1.82, 2.24) is 0 Å². The molecule has 0 unspecified atom stereocenters. The van der Waals surface area contributed by atoms with Gasteiger partial charge < -0.3 is 9.15 Å². The van der Waals surface area contributed by atoms with Gasteiger partial charge in [-0.15, -0.1) is 0 Å². The standard InChI is InChI=1S/C16H15NO3/c1-10(2)15(18)12(9-17)8-13-7-11-5-4-6-14(19-3)16(11)20-13/h4-8,10H,1-3H3. The van der Waals surface area contributed by atoms with Crippen LogP contribution in [0.5, 0.6) is 5.75 Å². The molecule has 1 heterocycles. The summed E-state index contributed by atoms with van der Waals surface area (Å²) in [6.07, 6.45) is 1.47. The molecule has 0 saturated heterocycles. The van der Waals surface area contributed by atoms with E-state index >= 15 is 0 Å². The number of hydrogen-bond acceptors (Lipinski definition) is 4. The number of Topliss-reactive ketones (excluding diaryl/α,β-unsaturated/α-hetero) is 1. The van der Waals surface area contributed by atoms with E-state index in [4.69, 9.17) is 14.4 Å². The van der Waals surface area contributed by atoms with Crippen LogP contribution in [0.25, 0.3) is 17.0 Å². The molecule has 0 amide bonds. The van der Waals surface area contributed by atoms with Gasteiger partial charge in [0, 0.05) is 17.4 Å². The second-order valence-corrected chi connectivity index (χ2v) is 4.72. The summed E-state index contributed by atoms with van der Waals surface area (Å²) < 4.78 is 10.9. The van der Waals surface area contributed by atoms with Gasteiger partial charge in [-0.2, -0.15) is 5.26 Å². The molecule has 0 fully saturated rings. The Balaban J connectivity index is 2.49. The summed E-state index contributed by atoms with van der Waals surface area (Å²) >= 11 is 0. The Labute approximate surface area is 117 Å². The third-order valence-electron chi connectivity index (χ3n) is 2.94. The number of methoxy groups -OCH3 is 1. The van der Waals surface area contributed by atoms with Crippen molar-refractivity contribution in [2.75, 3.05) is 7.11 Å². The first-order chi connectivity index (χ1) is 9.56. The van der Waals surface area contributed by atoms with Crippen molar-refractivity contribution in [1.29, 1.82) is 5.26 Å². The van der Waals surface area contributed by atoms with Gasteiger partial charge in [0.05, 0.1) is 12.7 Å². The summed E-state index contributed by atoms with van der Waals surface area (Å²) in [4.78, 5) is 11.9. The van der Waals surface area contributed by atoms with E-state index < -0.39 is 0 Å². The number of rotatable bonds is 4. The molecular weight excluding hydrogens is 254 g/mol. The zero-order valence-corrected chi connectivity index (χ0v) is 11.6. The normalized spacial score (nSPS) is 11.7. The van der Waals surface area contributed by atoms with Gasteiger partial charge in [-0.1, -0.05) is 26.0 Å². The molecule has 0 radical (unpaired) electrons. The molecule has 2 aromatic rings. The van der Waals surface area contributed by atoms with E-state index in [0.717, 1.165) is 5.39 Å². The first kappa shape index (κ1) is 13.9. The Morgan fingerprint density at radius 3 is 2.80 bits per heavy atom. The second-order valence-electron chi connectivity index (χ2n) is 4.72. The van der Waals surface area contributed by atoms with Crippen molar-refractivity contribution < 1.29 is 13.9 Å². The Bertz CT molecular complexity index is 717. The number of fused-ring (bicyclic) bond motifs is 1. The number of benzene rings is 1. The molecule has 0 spiro atoms. The van der Waals surface area contributed by atoms with Crippen molar-refractivity contribution in [3.8, 4) is 11.8 Å². The lowest BCUT2D eigenvalue weighted by molar-refractivity contribution is -0.117. The van der Waals surface area contributed by atoms with E-state index in [1.807, 2.05) is 18.2 Å². The van der Waals surface area contributed by atoms with Crippen molar-refractivity contribution in [3.05, 3.63) is 35.6 Å². The minimum Gasteiger partial charge on any atom is -0.493 e. The van der Waals surface area contributed by atoms with Gasteiger partial charge in [-0.3, -0.25) is 4.79 Å². The molecule has 20 heavy (non-hydrogen) atoms. The molecule has 0 aliphatic carbocycles. The number of carbonyl (C=O) groups is 1. The number of furan rings is 1. The lowest BCUT2D eigenvalue weighted by Crippen LogP contribution is -2.08. The molecule has 2 rings (SSSR count). The van der Waals surface area contributed by atoms with Crippen LogP contribution < -0.4 is 4.74 Å². The van der Waals surface area contributed by atoms with Gasteiger partial charge in [0.15, 0.2) is 17.1 Å². The number of nitrogens with zero attached hydrogens (tertiary/aromatic N) is 1. The summed E-state index contributed by atoms with van der Waals surface area (Å²) in [5.41, 5.74) is 0.702. The Morgan fingerprint density at radius 1 is 1.45 bits per heavy atom. The molecule has 0 aliphatic rings. The average Bonchev–Trinajstić information content (AvgIpc) is 2.86. The van der Waals surface area contributed by atoms with Crippen LogP contribution in [-0.2, 0) is 4.79 Å². The van der Waals surface area contributed by atoms with E-state index in [-0.39, 0.29) is 17.3 Å². The predicted molar refractivity (Wildman–Crippen MR) is 76.2 cm³/mol. The zero-order valence-electron chi connectivity index (χ0n) is 11.6. The molecule has 102 valence electrons. The number of hydrogen-bond donors (Lipinski definition) is 0. The minimum absolute atomic E-state index is 0.0954. The lowest BCUT2D eigenvalue weighted by Gasteiger charge is -2.00. The maximum atomic E-state index is 11.9. The van der Waals surface area contributed by atoms with Crippen molar-refractivity contribution >= 4 is 22.8 Å². The number of allylic oxidation sites excluding steroid dienone is 1. The number of nitriles is 1. The van der Waals surface area contributed by atoms with Gasteiger partial charge in [0.2, 0.25) is 0 Å². The molecule has 1 aromatic carbocycles. The molecule has 0 saturated carbocycles. The summed E-state index contributed by atoms with van der Waals surface area (Å²) in [7, 11) is 1.57. The van der Waals surface area contributed by atoms with Crippen molar-refractivity contribution in [2.45, 2.75) is 13.8 Å². The van der Waals surface area contributed by atoms with Gasteiger partial charge in [0.1, 0.15) is 11.8 Å². The fourth-order valence-corrected chi connectivity index (χ4v) is 1.90. The highest BCUT2D eigenvalue weighted by Gasteiger charge is 2.15. The zero-order chi connectivity index (χ0) is 14.7. The molecule has 4 nitrogen and oxygen atoms in total. The van der Waals surface area contributed by atoms with Gasteiger partial charge in [-0.25, -0.2) is 0 Å². The number of ether oxygens (including phenoxy) is 1. The molecule has 0 N–H and O–H groups in total. The molecule has 4 heteroatoms. The van der Waals surface area contributed by atoms with Crippen LogP contribution in [0, 0.1) is 17.2 Å². The maximum Gasteiger partial charge on any atom is 0.176 e. The van der Waals surface area contributed by atoms with Crippen molar-refractivity contribution in [3.63, 3.8) is 0 Å². The van der Waals surface area contributed by atoms with Crippen LogP contribution in [0.2, 0.25) is 0 Å². The third-order valence-corrected chi connectivity index (χ3v) is 2.94. The van der Waals surface area contributed by atoms with E-state index in [1.54, 1.807) is 33.1 Å². The summed E-state index contributed by atoms with van der Waals surface area (Å²) in [5, 5.41) is 9.94. The highest BCUT2D eigenvalue weighted by Crippen LogP contribution is 2.29. The summed E-state index contributed by atoms with van der Waals surface area (Å²) in [5.74, 6) is 0.672. The molecule has 0 bridgehead atoms. The van der Waals surface area contributed by atoms with Crippen LogP contribution in [-0.4, -0.2) is 12.9 Å². The molecule has 1 aromatic heterocycles. The third kappa shape index (κ3) is 2.57. The van der Waals surface area contributed by atoms with E-state index in [1.165, 1.54) is 6.08 Å². The molecular formula is C16H15NO3. The maximum absolute atomic E-state index is 11.9. The number of para-hydroxylation sites is 1. The SMILES string of the molecule is COc1cccc2cc(C=C(C#N)C(=O)C(C)C)oc12. The fraction of sp³-hybridized carbons (Fsp3) is 0.250. The summed E-state index contributed by atoms with van der Waals surface area (Å²) in [6, 6.07) is 9.24. The van der Waals surface area contributed by atoms with Gasteiger partial charge in [-0.05, 0) is 12.1 Å². The van der Waals surface area contributed by atoms with E-state index in [9.17, 15) is 4.79 Å². The fourth-order valence-electron chi connectivity index (χ4n) is 1.90. The first-order valence-corrected chi connectivity index (χ1v) is 6.29. The Kier molecular flexibility index (Phi) is 3.90. The van der Waals surface area contributed by atoms with Crippen LogP contribution in [0.4, 0.5) is 0 Å². The second kappa shape index (κ2) is 5.62. The van der Waals surface area contributed by atoms with Crippen LogP contribution >= 0.6 is 0 Å². The predicted octanol–water partition coefficient (Wildman–Crippen LogP) is 3.57. The number of ketones is 1. The topological polar surface area (TPSA) is 63.2 Å². The van der Waals surface area contributed by atoms with Crippen molar-refractivity contribution in [2.24, 2.45) is 5.92 Å². The van der Waals surface area contributed by atoms with Crippen LogP contribution in [0.15, 0.2) is 34.3 Å². The van der Waals surface area contributed by atoms with E-state index in [0.29, 0.717) is 17.1 Å². The van der Waals surface area contributed by atoms with Crippen LogP contribution in [0.1, 0.15) is 19.6 Å². The monoisotopic (exact) mass is 269 g/mol. The smallest absolute Gasteiger partial charge is 0.176 e. The Hall–Kier alpha value is -2.54.